The Morgan fingerprint density at radius 3 is 1.97 bits per heavy atom. The minimum absolute atomic E-state index is 0.112. The maximum Gasteiger partial charge on any atom is 0.416 e. The van der Waals surface area contributed by atoms with Crippen LogP contribution in [0.4, 0.5) is 13.2 Å². The fourth-order valence-electron chi connectivity index (χ4n) is 3.53. The van der Waals surface area contributed by atoms with Gasteiger partial charge in [0.15, 0.2) is 0 Å². The van der Waals surface area contributed by atoms with Gasteiger partial charge < -0.3 is 9.47 Å². The molecule has 0 aliphatic heterocycles. The first-order valence-electron chi connectivity index (χ1n) is 10.0. The van der Waals surface area contributed by atoms with Gasteiger partial charge >= 0.3 is 6.18 Å². The molecule has 0 N–H and O–H groups in total. The summed E-state index contributed by atoms with van der Waals surface area (Å²) in [6, 6.07) is 19.7. The lowest BCUT2D eigenvalue weighted by atomic mass is 10.1. The Hall–Kier alpha value is -3.45. The third-order valence-electron chi connectivity index (χ3n) is 5.21. The molecule has 0 saturated carbocycles. The fraction of sp³-hybridized carbons (Fsp3) is 0.160. The minimum Gasteiger partial charge on any atom is -0.497 e. The fourth-order valence-corrected chi connectivity index (χ4v) is 3.88. The third-order valence-corrected chi connectivity index (χ3v) is 5.57. The van der Waals surface area contributed by atoms with Crippen LogP contribution in [-0.2, 0) is 12.7 Å². The van der Waals surface area contributed by atoms with Gasteiger partial charge in [0.2, 0.25) is 0 Å². The number of nitrogens with zero attached hydrogens (tertiary/aromatic N) is 2. The standard InChI is InChI=1S/C25H20ClF3N2O2/c1-32-20-10-6-17(7-11-20)23-22(26)24(18-8-12-21(33-2)13-9-18)31(30-23)15-16-4-3-5-19(14-16)25(27,28)29/h3-14H,15H2,1-2H3. The zero-order valence-corrected chi connectivity index (χ0v) is 18.6. The Morgan fingerprint density at radius 1 is 0.848 bits per heavy atom. The molecule has 170 valence electrons. The molecule has 3 aromatic carbocycles. The number of rotatable bonds is 6. The SMILES string of the molecule is COc1ccc(-c2nn(Cc3cccc(C(F)(F)F)c3)c(-c3ccc(OC)cc3)c2Cl)cc1. The van der Waals surface area contributed by atoms with Gasteiger partial charge in [-0.3, -0.25) is 4.68 Å². The predicted molar refractivity (Wildman–Crippen MR) is 122 cm³/mol. The second-order valence-corrected chi connectivity index (χ2v) is 7.70. The van der Waals surface area contributed by atoms with E-state index in [1.807, 2.05) is 24.3 Å². The Balaban J connectivity index is 1.82. The summed E-state index contributed by atoms with van der Waals surface area (Å²) in [6.45, 7) is 0.112. The van der Waals surface area contributed by atoms with E-state index in [9.17, 15) is 13.2 Å². The van der Waals surface area contributed by atoms with E-state index in [4.69, 9.17) is 21.1 Å². The first-order valence-corrected chi connectivity index (χ1v) is 10.4. The average Bonchev–Trinajstić information content (AvgIpc) is 3.14. The molecular formula is C25H20ClF3N2O2. The van der Waals surface area contributed by atoms with Crippen LogP contribution >= 0.6 is 11.6 Å². The van der Waals surface area contributed by atoms with Crippen LogP contribution in [0, 0.1) is 0 Å². The first kappa shape index (κ1) is 22.7. The van der Waals surface area contributed by atoms with Crippen LogP contribution in [0.25, 0.3) is 22.5 Å². The number of aromatic nitrogens is 2. The summed E-state index contributed by atoms with van der Waals surface area (Å²) >= 11 is 6.79. The highest BCUT2D eigenvalue weighted by atomic mass is 35.5. The summed E-state index contributed by atoms with van der Waals surface area (Å²) < 4.78 is 51.7. The second-order valence-electron chi connectivity index (χ2n) is 7.32. The molecular weight excluding hydrogens is 453 g/mol. The van der Waals surface area contributed by atoms with Gasteiger partial charge in [-0.2, -0.15) is 18.3 Å². The Kier molecular flexibility index (Phi) is 6.33. The Labute approximate surface area is 194 Å². The molecule has 4 nitrogen and oxygen atoms in total. The van der Waals surface area contributed by atoms with Gasteiger partial charge in [-0.05, 0) is 66.2 Å². The van der Waals surface area contributed by atoms with E-state index in [-0.39, 0.29) is 6.54 Å². The van der Waals surface area contributed by atoms with E-state index in [0.29, 0.717) is 33.5 Å². The average molecular weight is 473 g/mol. The molecule has 0 saturated heterocycles. The van der Waals surface area contributed by atoms with E-state index in [1.54, 1.807) is 49.2 Å². The van der Waals surface area contributed by atoms with E-state index in [1.165, 1.54) is 6.07 Å². The lowest BCUT2D eigenvalue weighted by Gasteiger charge is -2.11. The molecule has 0 unspecified atom stereocenters. The number of hydrogen-bond donors (Lipinski definition) is 0. The normalized spacial score (nSPS) is 11.5. The van der Waals surface area contributed by atoms with Gasteiger partial charge in [-0.15, -0.1) is 0 Å². The summed E-state index contributed by atoms with van der Waals surface area (Å²) in [5.74, 6) is 1.36. The van der Waals surface area contributed by atoms with Crippen molar-refractivity contribution in [3.8, 4) is 34.0 Å². The molecule has 0 aliphatic rings. The number of hydrogen-bond acceptors (Lipinski definition) is 3. The summed E-state index contributed by atoms with van der Waals surface area (Å²) in [4.78, 5) is 0. The van der Waals surface area contributed by atoms with E-state index in [0.717, 1.165) is 23.3 Å². The molecule has 8 heteroatoms. The molecule has 33 heavy (non-hydrogen) atoms. The van der Waals surface area contributed by atoms with Crippen molar-refractivity contribution in [2.75, 3.05) is 14.2 Å². The van der Waals surface area contributed by atoms with Crippen LogP contribution in [0.5, 0.6) is 11.5 Å². The highest BCUT2D eigenvalue weighted by Crippen LogP contribution is 2.38. The van der Waals surface area contributed by atoms with Crippen molar-refractivity contribution < 1.29 is 22.6 Å². The molecule has 0 spiro atoms. The van der Waals surface area contributed by atoms with Gasteiger partial charge in [0, 0.05) is 11.1 Å². The molecule has 0 radical (unpaired) electrons. The maximum atomic E-state index is 13.2. The van der Waals surface area contributed by atoms with Crippen LogP contribution < -0.4 is 9.47 Å². The predicted octanol–water partition coefficient (Wildman–Crippen LogP) is 6.95. The van der Waals surface area contributed by atoms with E-state index >= 15 is 0 Å². The van der Waals surface area contributed by atoms with Gasteiger partial charge in [-0.1, -0.05) is 23.7 Å². The lowest BCUT2D eigenvalue weighted by molar-refractivity contribution is -0.137. The first-order chi connectivity index (χ1) is 15.8. The molecule has 1 aromatic heterocycles. The zero-order chi connectivity index (χ0) is 23.6. The molecule has 0 bridgehead atoms. The highest BCUT2D eigenvalue weighted by Gasteiger charge is 2.30. The second kappa shape index (κ2) is 9.19. The molecule has 0 amide bonds. The molecule has 4 rings (SSSR count). The van der Waals surface area contributed by atoms with Crippen molar-refractivity contribution >= 4 is 11.6 Å². The van der Waals surface area contributed by atoms with E-state index in [2.05, 4.69) is 5.10 Å². The van der Waals surface area contributed by atoms with Gasteiger partial charge in [0.05, 0.1) is 37.0 Å². The highest BCUT2D eigenvalue weighted by molar-refractivity contribution is 6.35. The van der Waals surface area contributed by atoms with Crippen LogP contribution in [0.2, 0.25) is 5.02 Å². The largest absolute Gasteiger partial charge is 0.497 e. The number of halogens is 4. The number of alkyl halides is 3. The van der Waals surface area contributed by atoms with Crippen LogP contribution in [0.15, 0.2) is 72.8 Å². The lowest BCUT2D eigenvalue weighted by Crippen LogP contribution is -2.08. The quantitative estimate of drug-likeness (QED) is 0.304. The number of benzene rings is 3. The monoisotopic (exact) mass is 472 g/mol. The third kappa shape index (κ3) is 4.83. The van der Waals surface area contributed by atoms with Crippen LogP contribution in [-0.4, -0.2) is 24.0 Å². The zero-order valence-electron chi connectivity index (χ0n) is 17.9. The molecule has 0 atom stereocenters. The van der Waals surface area contributed by atoms with Crippen LogP contribution in [0.3, 0.4) is 0 Å². The van der Waals surface area contributed by atoms with E-state index < -0.39 is 11.7 Å². The summed E-state index contributed by atoms with van der Waals surface area (Å²) in [5.41, 5.74) is 2.40. The Bertz CT molecular complexity index is 1250. The molecule has 0 fully saturated rings. The van der Waals surface area contributed by atoms with Gasteiger partial charge in [0.25, 0.3) is 0 Å². The van der Waals surface area contributed by atoms with Crippen molar-refractivity contribution in [2.45, 2.75) is 12.7 Å². The summed E-state index contributed by atoms with van der Waals surface area (Å²) in [6.07, 6.45) is -4.43. The molecule has 0 aliphatic carbocycles. The maximum absolute atomic E-state index is 13.2. The number of methoxy groups -OCH3 is 2. The summed E-state index contributed by atoms with van der Waals surface area (Å²) in [5, 5.41) is 5.07. The van der Waals surface area contributed by atoms with Crippen molar-refractivity contribution in [3.63, 3.8) is 0 Å². The molecule has 4 aromatic rings. The topological polar surface area (TPSA) is 36.3 Å². The smallest absolute Gasteiger partial charge is 0.416 e. The van der Waals surface area contributed by atoms with Crippen LogP contribution in [0.1, 0.15) is 11.1 Å². The van der Waals surface area contributed by atoms with Gasteiger partial charge in [0.1, 0.15) is 17.2 Å². The van der Waals surface area contributed by atoms with Crippen molar-refractivity contribution in [1.82, 2.24) is 9.78 Å². The van der Waals surface area contributed by atoms with Crippen molar-refractivity contribution in [1.29, 1.82) is 0 Å². The molecule has 1 heterocycles. The van der Waals surface area contributed by atoms with Gasteiger partial charge in [-0.25, -0.2) is 0 Å². The Morgan fingerprint density at radius 2 is 1.42 bits per heavy atom. The minimum atomic E-state index is -4.43. The number of ether oxygens (including phenoxy) is 2. The summed E-state index contributed by atoms with van der Waals surface area (Å²) in [7, 11) is 3.15. The van der Waals surface area contributed by atoms with Crippen molar-refractivity contribution in [3.05, 3.63) is 88.9 Å². The van der Waals surface area contributed by atoms with Crippen molar-refractivity contribution in [2.24, 2.45) is 0 Å².